The van der Waals surface area contributed by atoms with Crippen molar-refractivity contribution in [2.24, 2.45) is 0 Å². The molecule has 7 nitrogen and oxygen atoms in total. The van der Waals surface area contributed by atoms with Crippen LogP contribution in [0.15, 0.2) is 36.4 Å². The van der Waals surface area contributed by atoms with E-state index in [1.165, 1.54) is 0 Å². The van der Waals surface area contributed by atoms with Gasteiger partial charge in [0.25, 0.3) is 11.8 Å². The molecule has 1 saturated heterocycles. The lowest BCUT2D eigenvalue weighted by Crippen LogP contribution is -2.52. The number of fused-ring (bicyclic) bond motifs is 1. The van der Waals surface area contributed by atoms with Crippen LogP contribution in [-0.4, -0.2) is 40.7 Å². The predicted molar refractivity (Wildman–Crippen MR) is 105 cm³/mol. The summed E-state index contributed by atoms with van der Waals surface area (Å²) in [4.78, 5) is 49.9. The summed E-state index contributed by atoms with van der Waals surface area (Å²) in [6.07, 6.45) is -4.90. The molecule has 4 rings (SSSR count). The highest BCUT2D eigenvalue weighted by atomic mass is 19.4. The minimum Gasteiger partial charge on any atom is -0.337 e. The van der Waals surface area contributed by atoms with Gasteiger partial charge >= 0.3 is 6.18 Å². The molecular weight excluding hydrogens is 465 g/mol. The van der Waals surface area contributed by atoms with Crippen molar-refractivity contribution in [2.75, 3.05) is 0 Å². The van der Waals surface area contributed by atoms with E-state index in [4.69, 9.17) is 0 Å². The van der Waals surface area contributed by atoms with Gasteiger partial charge in [-0.05, 0) is 41.8 Å². The summed E-state index contributed by atoms with van der Waals surface area (Å²) >= 11 is 0. The summed E-state index contributed by atoms with van der Waals surface area (Å²) < 4.78 is 68.5. The smallest absolute Gasteiger partial charge is 0.337 e. The minimum atomic E-state index is -4.96. The Kier molecular flexibility index (Phi) is 5.84. The number of alkyl halides is 3. The van der Waals surface area contributed by atoms with E-state index < -0.39 is 64.7 Å². The summed E-state index contributed by atoms with van der Waals surface area (Å²) in [6, 6.07) is 1.48. The van der Waals surface area contributed by atoms with Crippen molar-refractivity contribution in [3.8, 4) is 0 Å². The maximum atomic E-state index is 14.7. The van der Waals surface area contributed by atoms with Crippen molar-refractivity contribution < 1.29 is 41.1 Å². The molecule has 2 aromatic rings. The van der Waals surface area contributed by atoms with Crippen LogP contribution in [0.2, 0.25) is 0 Å². The van der Waals surface area contributed by atoms with Crippen LogP contribution in [0.3, 0.4) is 0 Å². The van der Waals surface area contributed by atoms with Gasteiger partial charge in [-0.1, -0.05) is 12.1 Å². The quantitative estimate of drug-likeness (QED) is 0.519. The van der Waals surface area contributed by atoms with Gasteiger partial charge in [0.2, 0.25) is 11.8 Å². The first kappa shape index (κ1) is 23.3. The van der Waals surface area contributed by atoms with E-state index in [9.17, 15) is 41.1 Å². The normalized spacial score (nSPS) is 19.0. The van der Waals surface area contributed by atoms with Gasteiger partial charge < -0.3 is 10.2 Å². The van der Waals surface area contributed by atoms with Crippen molar-refractivity contribution in [3.63, 3.8) is 0 Å². The number of amides is 4. The summed E-state index contributed by atoms with van der Waals surface area (Å²) in [5.74, 6) is -5.27. The maximum absolute atomic E-state index is 14.7. The number of imide groups is 1. The van der Waals surface area contributed by atoms with Crippen LogP contribution in [0.4, 0.5) is 22.0 Å². The molecule has 2 aliphatic heterocycles. The third-order valence-corrected chi connectivity index (χ3v) is 5.66. The molecule has 0 radical (unpaired) electrons. The fourth-order valence-corrected chi connectivity index (χ4v) is 3.98. The molecule has 0 spiro atoms. The van der Waals surface area contributed by atoms with Gasteiger partial charge in [-0.3, -0.25) is 24.5 Å². The van der Waals surface area contributed by atoms with Crippen LogP contribution < -0.4 is 10.6 Å². The van der Waals surface area contributed by atoms with E-state index in [-0.39, 0.29) is 30.5 Å². The third kappa shape index (κ3) is 4.35. The number of rotatable bonds is 4. The molecule has 2 N–H and O–H groups in total. The van der Waals surface area contributed by atoms with E-state index in [1.54, 1.807) is 5.32 Å². The fraction of sp³-hybridized carbons (Fsp3) is 0.273. The van der Waals surface area contributed by atoms with Crippen LogP contribution in [0.1, 0.15) is 50.7 Å². The monoisotopic (exact) mass is 481 g/mol. The van der Waals surface area contributed by atoms with Crippen molar-refractivity contribution in [2.45, 2.75) is 37.6 Å². The number of hydrogen-bond acceptors (Lipinski definition) is 4. The molecule has 1 fully saturated rings. The van der Waals surface area contributed by atoms with Crippen molar-refractivity contribution >= 4 is 23.6 Å². The Bertz CT molecular complexity index is 1200. The number of nitrogens with zero attached hydrogens (tertiary/aromatic N) is 1. The Morgan fingerprint density at radius 3 is 2.38 bits per heavy atom. The lowest BCUT2D eigenvalue weighted by atomic mass is 10.0. The molecule has 4 amide bonds. The van der Waals surface area contributed by atoms with Gasteiger partial charge in [0.1, 0.15) is 17.7 Å². The minimum absolute atomic E-state index is 0.000759. The number of hydrogen-bond donors (Lipinski definition) is 2. The third-order valence-electron chi connectivity index (χ3n) is 5.66. The molecule has 2 atom stereocenters. The Labute approximate surface area is 188 Å². The molecule has 34 heavy (non-hydrogen) atoms. The fourth-order valence-electron chi connectivity index (χ4n) is 3.98. The zero-order valence-electron chi connectivity index (χ0n) is 17.2. The van der Waals surface area contributed by atoms with E-state index in [2.05, 4.69) is 5.32 Å². The van der Waals surface area contributed by atoms with E-state index in [1.807, 2.05) is 0 Å². The molecule has 2 unspecified atom stereocenters. The number of piperidine rings is 1. The number of carbonyl (C=O) groups is 4. The summed E-state index contributed by atoms with van der Waals surface area (Å²) in [6.45, 7) is -0.193. The van der Waals surface area contributed by atoms with Gasteiger partial charge in [0.05, 0.1) is 5.56 Å². The molecular formula is C22H16F5N3O4. The van der Waals surface area contributed by atoms with Gasteiger partial charge in [-0.25, -0.2) is 8.78 Å². The summed E-state index contributed by atoms with van der Waals surface area (Å²) in [5, 5.41) is 3.82. The molecule has 2 aliphatic rings. The second kappa shape index (κ2) is 8.50. The number of benzene rings is 2. The standard InChI is InChI=1S/C22H16F5N3O4/c23-12-3-1-10(2-4-12)18(22(25,26)27)29-19(32)14-7-11-9-30(21(34)13(11)8-15(14)24)16-5-6-17(31)28-20(16)33/h1-4,7-8,16,18H,5-6,9H2,(H,29,32)(H,28,31,33). The first-order valence-electron chi connectivity index (χ1n) is 10.1. The Morgan fingerprint density at radius 2 is 1.76 bits per heavy atom. The number of halogens is 5. The Morgan fingerprint density at radius 1 is 1.09 bits per heavy atom. The lowest BCUT2D eigenvalue weighted by molar-refractivity contribution is -0.155. The highest BCUT2D eigenvalue weighted by Gasteiger charge is 2.43. The zero-order valence-corrected chi connectivity index (χ0v) is 17.2. The lowest BCUT2D eigenvalue weighted by Gasteiger charge is -2.29. The Balaban J connectivity index is 1.59. The van der Waals surface area contributed by atoms with Gasteiger partial charge in [-0.15, -0.1) is 0 Å². The van der Waals surface area contributed by atoms with Crippen LogP contribution >= 0.6 is 0 Å². The van der Waals surface area contributed by atoms with Crippen LogP contribution in [0.5, 0.6) is 0 Å². The van der Waals surface area contributed by atoms with E-state index >= 15 is 0 Å². The maximum Gasteiger partial charge on any atom is 0.412 e. The second-order valence-electron chi connectivity index (χ2n) is 7.89. The van der Waals surface area contributed by atoms with Crippen molar-refractivity contribution in [1.82, 2.24) is 15.5 Å². The van der Waals surface area contributed by atoms with Crippen molar-refractivity contribution in [1.29, 1.82) is 0 Å². The molecule has 2 aromatic carbocycles. The van der Waals surface area contributed by atoms with Gasteiger partial charge in [0, 0.05) is 18.5 Å². The van der Waals surface area contributed by atoms with Crippen LogP contribution in [-0.2, 0) is 16.1 Å². The highest BCUT2D eigenvalue weighted by molar-refractivity contribution is 6.06. The molecule has 178 valence electrons. The zero-order chi connectivity index (χ0) is 24.8. The van der Waals surface area contributed by atoms with Crippen LogP contribution in [0, 0.1) is 11.6 Å². The average Bonchev–Trinajstić information content (AvgIpc) is 3.06. The van der Waals surface area contributed by atoms with Gasteiger partial charge in [0.15, 0.2) is 6.04 Å². The first-order valence-corrected chi connectivity index (χ1v) is 10.1. The van der Waals surface area contributed by atoms with E-state index in [0.717, 1.165) is 41.3 Å². The molecule has 0 saturated carbocycles. The molecule has 0 aliphatic carbocycles. The summed E-state index contributed by atoms with van der Waals surface area (Å²) in [5.41, 5.74) is -1.17. The largest absolute Gasteiger partial charge is 0.412 e. The molecule has 0 aromatic heterocycles. The molecule has 12 heteroatoms. The predicted octanol–water partition coefficient (Wildman–Crippen LogP) is 2.76. The van der Waals surface area contributed by atoms with Crippen LogP contribution in [0.25, 0.3) is 0 Å². The topological polar surface area (TPSA) is 95.6 Å². The number of carbonyl (C=O) groups excluding carboxylic acids is 4. The van der Waals surface area contributed by atoms with E-state index in [0.29, 0.717) is 0 Å². The average molecular weight is 481 g/mol. The molecule has 2 heterocycles. The molecule has 0 bridgehead atoms. The highest BCUT2D eigenvalue weighted by Crippen LogP contribution is 2.34. The SMILES string of the molecule is O=C1CCC(N2Cc3cc(C(=O)NC(c4ccc(F)cc4)C(F)(F)F)c(F)cc3C2=O)C(=O)N1. The van der Waals surface area contributed by atoms with Crippen molar-refractivity contribution in [3.05, 3.63) is 70.3 Å². The first-order chi connectivity index (χ1) is 16.0. The summed E-state index contributed by atoms with van der Waals surface area (Å²) in [7, 11) is 0. The second-order valence-corrected chi connectivity index (χ2v) is 7.89. The van der Waals surface area contributed by atoms with Gasteiger partial charge in [-0.2, -0.15) is 13.2 Å². The Hall–Kier alpha value is -3.83. The number of nitrogens with one attached hydrogen (secondary N) is 2.